The number of halogens is 1. The Bertz CT molecular complexity index is 853. The van der Waals surface area contributed by atoms with E-state index in [0.717, 1.165) is 27.5 Å². The molecule has 0 aliphatic carbocycles. The third-order valence-electron chi connectivity index (χ3n) is 3.65. The molecular formula is C16H18BrN5O. The molecule has 3 rings (SSSR count). The summed E-state index contributed by atoms with van der Waals surface area (Å²) in [4.78, 5) is 12.5. The first-order valence-corrected chi connectivity index (χ1v) is 8.09. The van der Waals surface area contributed by atoms with Gasteiger partial charge in [0.15, 0.2) is 0 Å². The molecule has 3 N–H and O–H groups in total. The average molecular weight is 376 g/mol. The van der Waals surface area contributed by atoms with Crippen LogP contribution in [0.5, 0.6) is 0 Å². The fraction of sp³-hybridized carbons (Fsp3) is 0.312. The molecule has 7 heteroatoms. The van der Waals surface area contributed by atoms with Crippen molar-refractivity contribution in [3.05, 3.63) is 40.9 Å². The van der Waals surface area contributed by atoms with Crippen LogP contribution in [-0.2, 0) is 6.42 Å². The molecule has 0 atom stereocenters. The highest BCUT2D eigenvalue weighted by Crippen LogP contribution is 2.28. The van der Waals surface area contributed by atoms with E-state index in [-0.39, 0.29) is 5.95 Å². The van der Waals surface area contributed by atoms with Gasteiger partial charge in [-0.1, -0.05) is 0 Å². The van der Waals surface area contributed by atoms with E-state index in [4.69, 9.17) is 5.73 Å². The summed E-state index contributed by atoms with van der Waals surface area (Å²) in [6.45, 7) is 3.62. The van der Waals surface area contributed by atoms with Crippen molar-refractivity contribution in [1.29, 1.82) is 0 Å². The SMILES string of the molecule is CC(C)(O)CCc1cn(-c2ccnc(N)n2)c2cc(Br)ncc12. The normalized spacial score (nSPS) is 12.0. The van der Waals surface area contributed by atoms with Gasteiger partial charge < -0.3 is 15.4 Å². The quantitative estimate of drug-likeness (QED) is 0.684. The third-order valence-corrected chi connectivity index (χ3v) is 4.09. The van der Waals surface area contributed by atoms with Crippen LogP contribution < -0.4 is 5.73 Å². The van der Waals surface area contributed by atoms with E-state index < -0.39 is 5.60 Å². The lowest BCUT2D eigenvalue weighted by Gasteiger charge is -2.16. The molecule has 3 aromatic heterocycles. The van der Waals surface area contributed by atoms with Crippen LogP contribution in [0.25, 0.3) is 16.7 Å². The van der Waals surface area contributed by atoms with E-state index in [9.17, 15) is 5.11 Å². The Morgan fingerprint density at radius 2 is 2.13 bits per heavy atom. The Morgan fingerprint density at radius 1 is 1.35 bits per heavy atom. The summed E-state index contributed by atoms with van der Waals surface area (Å²) in [5.74, 6) is 0.936. The number of rotatable bonds is 4. The monoisotopic (exact) mass is 375 g/mol. The van der Waals surface area contributed by atoms with Crippen LogP contribution in [0, 0.1) is 0 Å². The van der Waals surface area contributed by atoms with E-state index in [2.05, 4.69) is 30.9 Å². The van der Waals surface area contributed by atoms with Gasteiger partial charge in [0, 0.05) is 24.0 Å². The van der Waals surface area contributed by atoms with Crippen molar-refractivity contribution in [2.45, 2.75) is 32.3 Å². The van der Waals surface area contributed by atoms with E-state index in [1.165, 1.54) is 0 Å². The molecule has 3 aromatic rings. The second-order valence-electron chi connectivity index (χ2n) is 6.13. The first-order valence-electron chi connectivity index (χ1n) is 7.30. The van der Waals surface area contributed by atoms with Crippen LogP contribution in [-0.4, -0.2) is 30.2 Å². The first kappa shape index (κ1) is 15.9. The van der Waals surface area contributed by atoms with E-state index in [1.54, 1.807) is 6.20 Å². The van der Waals surface area contributed by atoms with Gasteiger partial charge >= 0.3 is 0 Å². The molecule has 0 fully saturated rings. The molecule has 3 heterocycles. The van der Waals surface area contributed by atoms with E-state index in [0.29, 0.717) is 12.2 Å². The van der Waals surface area contributed by atoms with Crippen LogP contribution in [0.1, 0.15) is 25.8 Å². The summed E-state index contributed by atoms with van der Waals surface area (Å²) in [5.41, 5.74) is 7.08. The number of nitrogens with two attached hydrogens (primary N) is 1. The van der Waals surface area contributed by atoms with Crippen LogP contribution in [0.15, 0.2) is 35.3 Å². The maximum Gasteiger partial charge on any atom is 0.221 e. The molecule has 23 heavy (non-hydrogen) atoms. The summed E-state index contributed by atoms with van der Waals surface area (Å²) in [5, 5.41) is 11.0. The number of anilines is 1. The highest BCUT2D eigenvalue weighted by Gasteiger charge is 2.16. The number of hydrogen-bond acceptors (Lipinski definition) is 5. The Balaban J connectivity index is 2.12. The minimum atomic E-state index is -0.712. The second kappa shape index (κ2) is 5.90. The molecule has 0 aromatic carbocycles. The lowest BCUT2D eigenvalue weighted by atomic mass is 9.99. The molecule has 0 radical (unpaired) electrons. The van der Waals surface area contributed by atoms with Crippen molar-refractivity contribution in [2.75, 3.05) is 5.73 Å². The molecule has 0 spiro atoms. The summed E-state index contributed by atoms with van der Waals surface area (Å²) in [6.07, 6.45) is 6.90. The van der Waals surface area contributed by atoms with Gasteiger partial charge in [-0.25, -0.2) is 9.97 Å². The maximum absolute atomic E-state index is 9.99. The summed E-state index contributed by atoms with van der Waals surface area (Å²) in [6, 6.07) is 3.76. The number of aryl methyl sites for hydroxylation is 1. The predicted octanol–water partition coefficient (Wildman–Crippen LogP) is 2.86. The highest BCUT2D eigenvalue weighted by atomic mass is 79.9. The van der Waals surface area contributed by atoms with Crippen LogP contribution in [0.4, 0.5) is 5.95 Å². The fourth-order valence-corrected chi connectivity index (χ4v) is 2.81. The highest BCUT2D eigenvalue weighted by molar-refractivity contribution is 9.10. The minimum absolute atomic E-state index is 0.232. The molecule has 0 unspecified atom stereocenters. The Kier molecular flexibility index (Phi) is 4.08. The fourth-order valence-electron chi connectivity index (χ4n) is 2.49. The summed E-state index contributed by atoms with van der Waals surface area (Å²) in [7, 11) is 0. The zero-order valence-corrected chi connectivity index (χ0v) is 14.6. The summed E-state index contributed by atoms with van der Waals surface area (Å²) >= 11 is 3.41. The standard InChI is InChI=1S/C16H18BrN5O/c1-16(2,23)5-3-10-9-22(14-4-6-19-15(18)21-14)12-7-13(17)20-8-11(10)12/h4,6-9,23H,3,5H2,1-2H3,(H2,18,19,21). The van der Waals surface area contributed by atoms with Crippen molar-refractivity contribution < 1.29 is 5.11 Å². The third kappa shape index (κ3) is 3.51. The van der Waals surface area contributed by atoms with Gasteiger partial charge in [0.25, 0.3) is 0 Å². The smallest absolute Gasteiger partial charge is 0.221 e. The van der Waals surface area contributed by atoms with Crippen molar-refractivity contribution in [2.24, 2.45) is 0 Å². The topological polar surface area (TPSA) is 89.8 Å². The lowest BCUT2D eigenvalue weighted by molar-refractivity contribution is 0.0715. The molecule has 0 bridgehead atoms. The molecule has 0 aliphatic rings. The van der Waals surface area contributed by atoms with Gasteiger partial charge in [0.2, 0.25) is 5.95 Å². The maximum atomic E-state index is 9.99. The average Bonchev–Trinajstić information content (AvgIpc) is 2.82. The van der Waals surface area contributed by atoms with Gasteiger partial charge in [-0.3, -0.25) is 0 Å². The molecule has 0 saturated carbocycles. The number of nitrogen functional groups attached to an aromatic ring is 1. The first-order chi connectivity index (χ1) is 10.8. The Labute approximate surface area is 142 Å². The van der Waals surface area contributed by atoms with Gasteiger partial charge in [-0.15, -0.1) is 0 Å². The Hall–Kier alpha value is -1.99. The number of aliphatic hydroxyl groups is 1. The second-order valence-corrected chi connectivity index (χ2v) is 6.95. The molecule has 0 aliphatic heterocycles. The zero-order chi connectivity index (χ0) is 16.6. The number of fused-ring (bicyclic) bond motifs is 1. The number of hydrogen-bond donors (Lipinski definition) is 2. The molecule has 0 amide bonds. The largest absolute Gasteiger partial charge is 0.390 e. The van der Waals surface area contributed by atoms with Crippen LogP contribution >= 0.6 is 15.9 Å². The molecular weight excluding hydrogens is 358 g/mol. The summed E-state index contributed by atoms with van der Waals surface area (Å²) < 4.78 is 2.72. The molecule has 0 saturated heterocycles. The Morgan fingerprint density at radius 3 is 2.83 bits per heavy atom. The lowest BCUT2D eigenvalue weighted by Crippen LogP contribution is -2.19. The van der Waals surface area contributed by atoms with Crippen molar-refractivity contribution in [3.63, 3.8) is 0 Å². The number of pyridine rings is 1. The van der Waals surface area contributed by atoms with Crippen molar-refractivity contribution in [3.8, 4) is 5.82 Å². The predicted molar refractivity (Wildman–Crippen MR) is 93.4 cm³/mol. The van der Waals surface area contributed by atoms with Crippen molar-refractivity contribution in [1.82, 2.24) is 19.5 Å². The van der Waals surface area contributed by atoms with Gasteiger partial charge in [0.1, 0.15) is 10.4 Å². The van der Waals surface area contributed by atoms with Gasteiger partial charge in [-0.2, -0.15) is 4.98 Å². The van der Waals surface area contributed by atoms with E-state index in [1.807, 2.05) is 42.9 Å². The van der Waals surface area contributed by atoms with E-state index >= 15 is 0 Å². The van der Waals surface area contributed by atoms with Gasteiger partial charge in [-0.05, 0) is 60.3 Å². The zero-order valence-electron chi connectivity index (χ0n) is 13.0. The molecule has 120 valence electrons. The van der Waals surface area contributed by atoms with Crippen molar-refractivity contribution >= 4 is 32.8 Å². The number of nitrogens with zero attached hydrogens (tertiary/aromatic N) is 4. The minimum Gasteiger partial charge on any atom is -0.390 e. The van der Waals surface area contributed by atoms with Crippen LogP contribution in [0.3, 0.4) is 0 Å². The van der Waals surface area contributed by atoms with Crippen LogP contribution in [0.2, 0.25) is 0 Å². The number of aromatic nitrogens is 4. The molecule has 6 nitrogen and oxygen atoms in total. The van der Waals surface area contributed by atoms with Gasteiger partial charge in [0.05, 0.1) is 11.1 Å².